The van der Waals surface area contributed by atoms with Crippen LogP contribution in [0.5, 0.6) is 0 Å². The zero-order chi connectivity index (χ0) is 53.5. The van der Waals surface area contributed by atoms with Gasteiger partial charge in [0.15, 0.2) is 0 Å². The Morgan fingerprint density at radius 2 is 1.14 bits per heavy atom. The summed E-state index contributed by atoms with van der Waals surface area (Å²) in [5.74, 6) is -0.845. The van der Waals surface area contributed by atoms with Crippen molar-refractivity contribution in [2.24, 2.45) is 0 Å². The van der Waals surface area contributed by atoms with Gasteiger partial charge in [-0.25, -0.2) is 4.79 Å². The van der Waals surface area contributed by atoms with Crippen molar-refractivity contribution in [1.29, 1.82) is 0 Å². The predicted octanol–water partition coefficient (Wildman–Crippen LogP) is 9.40. The van der Waals surface area contributed by atoms with Gasteiger partial charge >= 0.3 is 6.09 Å². The molecule has 4 aromatic carbocycles. The topological polar surface area (TPSA) is 185 Å². The third-order valence-corrected chi connectivity index (χ3v) is 17.8. The minimum Gasteiger partial charge on any atom is -0.444 e. The zero-order valence-corrected chi connectivity index (χ0v) is 45.9. The highest BCUT2D eigenvalue weighted by Crippen LogP contribution is 2.38. The number of alkyl carbamates (subject to hydrolysis) is 1. The van der Waals surface area contributed by atoms with Crippen molar-refractivity contribution < 1.29 is 28.3 Å². The fraction of sp³-hybridized carbons (Fsp3) is 0.345. The summed E-state index contributed by atoms with van der Waals surface area (Å²) >= 11 is 7.03. The molecule has 14 nitrogen and oxygen atoms in total. The van der Waals surface area contributed by atoms with Crippen LogP contribution < -0.4 is 42.3 Å². The first-order valence-electron chi connectivity index (χ1n) is 25.1. The van der Waals surface area contributed by atoms with Crippen LogP contribution in [-0.4, -0.2) is 80.5 Å². The molecule has 0 fully saturated rings. The van der Waals surface area contributed by atoms with E-state index in [1.807, 2.05) is 75.4 Å². The van der Waals surface area contributed by atoms with Crippen molar-refractivity contribution in [3.05, 3.63) is 166 Å². The highest BCUT2D eigenvalue weighted by Gasteiger charge is 2.50. The largest absolute Gasteiger partial charge is 0.444 e. The number of rotatable bonds is 22. The lowest BCUT2D eigenvalue weighted by molar-refractivity contribution is -0.121. The second-order valence-electron chi connectivity index (χ2n) is 20.3. The SMILES string of the molecule is Cc1cc(CNCCNC(=O)CCCNC(=O)OC(C)(C)C)cnc1C(=O)Nc1cccc(-c2cccc(NC(=O)c3ncc(CNCCO[Si](c4ccccc4)(c4ccccc4)C(C)(C)C)cc3C)c2Cl)c1C. The first-order chi connectivity index (χ1) is 35.3. The fourth-order valence-electron chi connectivity index (χ4n) is 8.83. The van der Waals surface area contributed by atoms with Crippen LogP contribution >= 0.6 is 11.6 Å². The number of benzene rings is 4. The van der Waals surface area contributed by atoms with Crippen LogP contribution in [0.3, 0.4) is 0 Å². The second-order valence-corrected chi connectivity index (χ2v) is 25.0. The summed E-state index contributed by atoms with van der Waals surface area (Å²) in [6, 6.07) is 36.1. The number of nitrogens with zero attached hydrogens (tertiary/aromatic N) is 2. The van der Waals surface area contributed by atoms with Crippen LogP contribution in [0.15, 0.2) is 122 Å². The summed E-state index contributed by atoms with van der Waals surface area (Å²) in [5.41, 5.74) is 6.54. The maximum Gasteiger partial charge on any atom is 0.407 e. The average molecular weight is 1040 g/mol. The zero-order valence-electron chi connectivity index (χ0n) is 44.1. The van der Waals surface area contributed by atoms with Gasteiger partial charge in [-0.05, 0) is 109 Å². The van der Waals surface area contributed by atoms with Gasteiger partial charge in [0.2, 0.25) is 5.91 Å². The Balaban J connectivity index is 0.989. The van der Waals surface area contributed by atoms with Crippen LogP contribution in [0.4, 0.5) is 16.2 Å². The third kappa shape index (κ3) is 15.2. The lowest BCUT2D eigenvalue weighted by Gasteiger charge is -2.43. The normalized spacial score (nSPS) is 11.7. The average Bonchev–Trinajstić information content (AvgIpc) is 3.35. The van der Waals surface area contributed by atoms with Crippen LogP contribution in [-0.2, 0) is 27.0 Å². The number of amides is 4. The van der Waals surface area contributed by atoms with Gasteiger partial charge in [0.1, 0.15) is 17.0 Å². The summed E-state index contributed by atoms with van der Waals surface area (Å²) in [5, 5.41) is 21.0. The van der Waals surface area contributed by atoms with E-state index < -0.39 is 20.0 Å². The molecule has 2 aromatic heterocycles. The van der Waals surface area contributed by atoms with E-state index in [0.29, 0.717) is 91.2 Å². The first kappa shape index (κ1) is 56.5. The number of pyridine rings is 2. The molecule has 6 aromatic rings. The molecule has 0 saturated heterocycles. The quantitative estimate of drug-likeness (QED) is 0.0283. The summed E-state index contributed by atoms with van der Waals surface area (Å²) in [7, 11) is -2.65. The summed E-state index contributed by atoms with van der Waals surface area (Å²) < 4.78 is 12.2. The highest BCUT2D eigenvalue weighted by molar-refractivity contribution is 6.99. The van der Waals surface area contributed by atoms with E-state index in [9.17, 15) is 19.2 Å². The maximum absolute atomic E-state index is 13.7. The van der Waals surface area contributed by atoms with E-state index in [0.717, 1.165) is 27.8 Å². The van der Waals surface area contributed by atoms with E-state index in [1.54, 1.807) is 39.2 Å². The van der Waals surface area contributed by atoms with E-state index in [4.69, 9.17) is 20.8 Å². The molecule has 0 unspecified atom stereocenters. The van der Waals surface area contributed by atoms with Gasteiger partial charge in [0.25, 0.3) is 20.1 Å². The van der Waals surface area contributed by atoms with Crippen molar-refractivity contribution in [1.82, 2.24) is 31.2 Å². The molecular weight excluding hydrogens is 968 g/mol. The molecule has 0 aliphatic heterocycles. The third-order valence-electron chi connectivity index (χ3n) is 12.4. The summed E-state index contributed by atoms with van der Waals surface area (Å²) in [4.78, 5) is 60.4. The number of ether oxygens (including phenoxy) is 1. The van der Waals surface area contributed by atoms with Crippen LogP contribution in [0, 0.1) is 20.8 Å². The number of nitrogens with one attached hydrogen (secondary N) is 6. The molecule has 6 N–H and O–H groups in total. The molecule has 4 amide bonds. The van der Waals surface area contributed by atoms with E-state index >= 15 is 0 Å². The molecule has 6 rings (SSSR count). The standard InChI is InChI=1S/C58H71ClN8O6Si/c1-39-33-42(35-60-29-30-62-50(68)27-18-28-63-56(71)73-57(4,5)6)37-64-52(39)54(69)66-48-25-16-23-46(41(48)3)47-24-17-26-49(51(47)59)67-55(70)53-40(2)34-43(38-65-53)36-61-31-32-72-74(58(7,8)9,44-19-12-10-13-20-44)45-21-14-11-15-22-45/h10-17,19-26,33-34,37-38,60-61H,18,27-32,35-36H2,1-9H3,(H,62,68)(H,63,71)(H,66,69)(H,67,70). The number of aryl methyl sites for hydroxylation is 2. The van der Waals surface area contributed by atoms with Crippen molar-refractivity contribution in [3.63, 3.8) is 0 Å². The Bertz CT molecular complexity index is 2850. The molecule has 16 heteroatoms. The number of halogens is 1. The monoisotopic (exact) mass is 1040 g/mol. The number of carbonyl (C=O) groups is 4. The molecule has 390 valence electrons. The Morgan fingerprint density at radius 1 is 0.608 bits per heavy atom. The Kier molecular flexibility index (Phi) is 19.8. The number of aromatic nitrogens is 2. The van der Waals surface area contributed by atoms with Gasteiger partial charge in [0.05, 0.1) is 10.7 Å². The van der Waals surface area contributed by atoms with Gasteiger partial charge in [-0.3, -0.25) is 24.4 Å². The van der Waals surface area contributed by atoms with Crippen molar-refractivity contribution in [3.8, 4) is 11.1 Å². The Morgan fingerprint density at radius 3 is 1.68 bits per heavy atom. The van der Waals surface area contributed by atoms with Crippen LogP contribution in [0.25, 0.3) is 11.1 Å². The van der Waals surface area contributed by atoms with Gasteiger partial charge < -0.3 is 41.1 Å². The molecule has 0 radical (unpaired) electrons. The van der Waals surface area contributed by atoms with E-state index in [-0.39, 0.29) is 29.2 Å². The number of carbonyl (C=O) groups excluding carboxylic acids is 4. The number of hydrogen-bond donors (Lipinski definition) is 6. The Labute approximate surface area is 442 Å². The van der Waals surface area contributed by atoms with Crippen molar-refractivity contribution >= 4 is 65.5 Å². The van der Waals surface area contributed by atoms with Gasteiger partial charge in [-0.15, -0.1) is 0 Å². The van der Waals surface area contributed by atoms with Gasteiger partial charge in [0, 0.05) is 75.9 Å². The predicted molar refractivity (Wildman–Crippen MR) is 299 cm³/mol. The molecule has 0 atom stereocenters. The van der Waals surface area contributed by atoms with Crippen LogP contribution in [0.2, 0.25) is 10.1 Å². The molecule has 0 spiro atoms. The van der Waals surface area contributed by atoms with Crippen LogP contribution in [0.1, 0.15) is 103 Å². The maximum atomic E-state index is 13.7. The fourth-order valence-corrected chi connectivity index (χ4v) is 13.7. The number of hydrogen-bond acceptors (Lipinski definition) is 10. The van der Waals surface area contributed by atoms with Gasteiger partial charge in [-0.2, -0.15) is 0 Å². The molecule has 0 saturated carbocycles. The smallest absolute Gasteiger partial charge is 0.407 e. The summed E-state index contributed by atoms with van der Waals surface area (Å²) in [6.07, 6.45) is 3.66. The molecular formula is C58H71ClN8O6Si. The van der Waals surface area contributed by atoms with Crippen molar-refractivity contribution in [2.75, 3.05) is 43.4 Å². The number of anilines is 2. The molecule has 0 bridgehead atoms. The lowest BCUT2D eigenvalue weighted by Crippen LogP contribution is -2.66. The lowest BCUT2D eigenvalue weighted by atomic mass is 9.98. The Hall–Kier alpha value is -6.75. The van der Waals surface area contributed by atoms with E-state index in [1.165, 1.54) is 10.4 Å². The first-order valence-corrected chi connectivity index (χ1v) is 27.4. The minimum atomic E-state index is -2.65. The minimum absolute atomic E-state index is 0.104. The van der Waals surface area contributed by atoms with E-state index in [2.05, 4.69) is 111 Å². The highest BCUT2D eigenvalue weighted by atomic mass is 35.5. The molecule has 0 aliphatic rings. The molecule has 2 heterocycles. The second kappa shape index (κ2) is 26.0. The molecule has 0 aliphatic carbocycles. The van der Waals surface area contributed by atoms with Crippen molar-refractivity contribution in [2.45, 2.75) is 98.9 Å². The summed E-state index contributed by atoms with van der Waals surface area (Å²) in [6.45, 7) is 21.3. The van der Waals surface area contributed by atoms with Gasteiger partial charge in [-0.1, -0.05) is 129 Å². The molecule has 74 heavy (non-hydrogen) atoms.